The van der Waals surface area contributed by atoms with Crippen LogP contribution in [-0.2, 0) is 0 Å². The number of methoxy groups -OCH3 is 1. The van der Waals surface area contributed by atoms with Gasteiger partial charge in [0.2, 0.25) is 0 Å². The van der Waals surface area contributed by atoms with E-state index in [1.165, 1.54) is 0 Å². The summed E-state index contributed by atoms with van der Waals surface area (Å²) in [4.78, 5) is 0. The highest BCUT2D eigenvalue weighted by Gasteiger charge is 2.39. The van der Waals surface area contributed by atoms with E-state index in [4.69, 9.17) is 4.74 Å². The van der Waals surface area contributed by atoms with Crippen LogP contribution in [0.4, 0.5) is 0 Å². The highest BCUT2D eigenvalue weighted by molar-refractivity contribution is 5.44. The fraction of sp³-hybridized carbons (Fsp3) is 0.571. The molecule has 0 aliphatic heterocycles. The van der Waals surface area contributed by atoms with Crippen molar-refractivity contribution >= 4 is 0 Å². The molecule has 2 rings (SSSR count). The summed E-state index contributed by atoms with van der Waals surface area (Å²) in [5.74, 6) is 2.05. The van der Waals surface area contributed by atoms with E-state index < -0.39 is 0 Å². The molecule has 0 amide bonds. The molecule has 0 heterocycles. The lowest BCUT2D eigenvalue weighted by Gasteiger charge is -2.15. The largest absolute Gasteiger partial charge is 0.496 e. The Morgan fingerprint density at radius 2 is 1.81 bits per heavy atom. The number of hydrogen-bond acceptors (Lipinski definition) is 2. The van der Waals surface area contributed by atoms with Crippen molar-refractivity contribution in [2.24, 2.45) is 11.8 Å². The topological polar surface area (TPSA) is 29.5 Å². The lowest BCUT2D eigenvalue weighted by molar-refractivity contribution is 0.148. The van der Waals surface area contributed by atoms with Crippen LogP contribution in [0.15, 0.2) is 12.1 Å². The normalized spacial score (nSPS) is 25.3. The molecule has 2 heteroatoms. The van der Waals surface area contributed by atoms with Gasteiger partial charge in [-0.15, -0.1) is 0 Å². The lowest BCUT2D eigenvalue weighted by atomic mass is 9.98. The zero-order valence-electron chi connectivity index (χ0n) is 10.4. The molecule has 1 N–H and O–H groups in total. The number of benzene rings is 1. The summed E-state index contributed by atoms with van der Waals surface area (Å²) < 4.78 is 5.33. The van der Waals surface area contributed by atoms with E-state index in [2.05, 4.69) is 6.92 Å². The zero-order chi connectivity index (χ0) is 11.9. The fourth-order valence-corrected chi connectivity index (χ4v) is 2.51. The Hall–Kier alpha value is -1.02. The second-order valence-corrected chi connectivity index (χ2v) is 5.01. The van der Waals surface area contributed by atoms with Gasteiger partial charge in [0.15, 0.2) is 0 Å². The van der Waals surface area contributed by atoms with Crippen LogP contribution >= 0.6 is 0 Å². The lowest BCUT2D eigenvalue weighted by Crippen LogP contribution is -2.03. The van der Waals surface area contributed by atoms with Gasteiger partial charge in [0, 0.05) is 0 Å². The smallest absolute Gasteiger partial charge is 0.124 e. The Labute approximate surface area is 97.3 Å². The van der Waals surface area contributed by atoms with Crippen LogP contribution in [-0.4, -0.2) is 12.2 Å². The Morgan fingerprint density at radius 3 is 2.19 bits per heavy atom. The maximum atomic E-state index is 10.2. The van der Waals surface area contributed by atoms with E-state index in [1.807, 2.05) is 26.0 Å². The first-order valence-corrected chi connectivity index (χ1v) is 5.87. The number of ether oxygens (including phenoxy) is 1. The zero-order valence-corrected chi connectivity index (χ0v) is 10.4. The second kappa shape index (κ2) is 4.10. The Balaban J connectivity index is 2.29. The fourth-order valence-electron chi connectivity index (χ4n) is 2.51. The predicted molar refractivity (Wildman–Crippen MR) is 64.7 cm³/mol. The maximum absolute atomic E-state index is 10.2. The summed E-state index contributed by atoms with van der Waals surface area (Å²) in [5.41, 5.74) is 3.24. The molecule has 1 aliphatic rings. The van der Waals surface area contributed by atoms with Crippen LogP contribution < -0.4 is 4.74 Å². The van der Waals surface area contributed by atoms with Crippen molar-refractivity contribution in [3.8, 4) is 5.75 Å². The van der Waals surface area contributed by atoms with E-state index in [1.54, 1.807) is 7.11 Å². The number of aliphatic hydroxyl groups is 1. The molecular weight excluding hydrogens is 200 g/mol. The quantitative estimate of drug-likeness (QED) is 0.848. The average Bonchev–Trinajstić information content (AvgIpc) is 2.94. The monoisotopic (exact) mass is 220 g/mol. The summed E-state index contributed by atoms with van der Waals surface area (Å²) in [6, 6.07) is 4.09. The summed E-state index contributed by atoms with van der Waals surface area (Å²) in [7, 11) is 1.69. The van der Waals surface area contributed by atoms with Crippen LogP contribution in [0.5, 0.6) is 5.75 Å². The Bertz CT molecular complexity index is 375. The van der Waals surface area contributed by atoms with Gasteiger partial charge in [-0.05, 0) is 60.9 Å². The molecule has 0 radical (unpaired) electrons. The third kappa shape index (κ3) is 1.94. The molecule has 1 aromatic carbocycles. The summed E-state index contributed by atoms with van der Waals surface area (Å²) in [6.45, 7) is 6.24. The third-order valence-electron chi connectivity index (χ3n) is 3.61. The van der Waals surface area contributed by atoms with Crippen LogP contribution in [0.3, 0.4) is 0 Å². The van der Waals surface area contributed by atoms with Gasteiger partial charge >= 0.3 is 0 Å². The molecule has 2 nitrogen and oxygen atoms in total. The van der Waals surface area contributed by atoms with Crippen molar-refractivity contribution in [3.63, 3.8) is 0 Å². The molecule has 1 aliphatic carbocycles. The molecule has 0 bridgehead atoms. The summed E-state index contributed by atoms with van der Waals surface area (Å²) in [5, 5.41) is 10.2. The minimum Gasteiger partial charge on any atom is -0.496 e. The highest BCUT2D eigenvalue weighted by atomic mass is 16.5. The molecule has 16 heavy (non-hydrogen) atoms. The van der Waals surface area contributed by atoms with Gasteiger partial charge in [0.05, 0.1) is 13.2 Å². The third-order valence-corrected chi connectivity index (χ3v) is 3.61. The molecule has 88 valence electrons. The first-order valence-electron chi connectivity index (χ1n) is 5.87. The molecule has 0 aromatic heterocycles. The first kappa shape index (κ1) is 11.5. The van der Waals surface area contributed by atoms with Crippen molar-refractivity contribution < 1.29 is 9.84 Å². The van der Waals surface area contributed by atoms with Crippen molar-refractivity contribution in [1.82, 2.24) is 0 Å². The molecular formula is C14H20O2. The standard InChI is InChI=1S/C14H20O2/c1-8-7-12(8)13(15)11-5-9(2)14(16-4)10(3)6-11/h5-6,8,12-13,15H,7H2,1-4H3. The summed E-state index contributed by atoms with van der Waals surface area (Å²) >= 11 is 0. The van der Waals surface area contributed by atoms with Gasteiger partial charge in [-0.2, -0.15) is 0 Å². The predicted octanol–water partition coefficient (Wildman–Crippen LogP) is 3.00. The van der Waals surface area contributed by atoms with Crippen molar-refractivity contribution in [1.29, 1.82) is 0 Å². The van der Waals surface area contributed by atoms with Gasteiger partial charge < -0.3 is 9.84 Å². The molecule has 3 unspecified atom stereocenters. The molecule has 0 spiro atoms. The van der Waals surface area contributed by atoms with Crippen LogP contribution in [0.2, 0.25) is 0 Å². The van der Waals surface area contributed by atoms with Crippen molar-refractivity contribution in [3.05, 3.63) is 28.8 Å². The Morgan fingerprint density at radius 1 is 1.31 bits per heavy atom. The van der Waals surface area contributed by atoms with Gasteiger partial charge in [0.1, 0.15) is 5.75 Å². The van der Waals surface area contributed by atoms with Crippen molar-refractivity contribution in [2.75, 3.05) is 7.11 Å². The molecule has 1 aromatic rings. The first-order chi connectivity index (χ1) is 7.54. The average molecular weight is 220 g/mol. The second-order valence-electron chi connectivity index (χ2n) is 5.01. The number of aliphatic hydroxyl groups excluding tert-OH is 1. The maximum Gasteiger partial charge on any atom is 0.124 e. The number of rotatable bonds is 3. The SMILES string of the molecule is COc1c(C)cc(C(O)C2CC2C)cc1C. The number of hydrogen-bond donors (Lipinski definition) is 1. The van der Waals surface area contributed by atoms with Crippen molar-refractivity contribution in [2.45, 2.75) is 33.3 Å². The highest BCUT2D eigenvalue weighted by Crippen LogP contribution is 2.47. The van der Waals surface area contributed by atoms with Crippen LogP contribution in [0, 0.1) is 25.7 Å². The minimum absolute atomic E-state index is 0.307. The minimum atomic E-state index is -0.307. The van der Waals surface area contributed by atoms with Gasteiger partial charge in [-0.25, -0.2) is 0 Å². The number of aryl methyl sites for hydroxylation is 2. The molecule has 1 saturated carbocycles. The molecule has 1 fully saturated rings. The van der Waals surface area contributed by atoms with E-state index in [0.29, 0.717) is 11.8 Å². The van der Waals surface area contributed by atoms with Crippen LogP contribution in [0.1, 0.15) is 36.1 Å². The van der Waals surface area contributed by atoms with E-state index in [9.17, 15) is 5.11 Å². The molecule has 3 atom stereocenters. The summed E-state index contributed by atoms with van der Waals surface area (Å²) in [6.07, 6.45) is 0.837. The van der Waals surface area contributed by atoms with E-state index >= 15 is 0 Å². The Kier molecular flexibility index (Phi) is 2.94. The van der Waals surface area contributed by atoms with Gasteiger partial charge in [-0.1, -0.05) is 6.92 Å². The van der Waals surface area contributed by atoms with Gasteiger partial charge in [0.25, 0.3) is 0 Å². The van der Waals surface area contributed by atoms with E-state index in [-0.39, 0.29) is 6.10 Å². The van der Waals surface area contributed by atoms with E-state index in [0.717, 1.165) is 28.9 Å². The van der Waals surface area contributed by atoms with Gasteiger partial charge in [-0.3, -0.25) is 0 Å². The van der Waals surface area contributed by atoms with Crippen LogP contribution in [0.25, 0.3) is 0 Å². The molecule has 0 saturated heterocycles.